The van der Waals surface area contributed by atoms with Gasteiger partial charge in [-0.1, -0.05) is 6.92 Å². The lowest BCUT2D eigenvalue weighted by atomic mass is 10.2. The minimum atomic E-state index is 0.000293. The molecule has 4 nitrogen and oxygen atoms in total. The number of nitrogens with zero attached hydrogens (tertiary/aromatic N) is 2. The predicted molar refractivity (Wildman–Crippen MR) is 67.4 cm³/mol. The maximum Gasteiger partial charge on any atom is 0.254 e. The summed E-state index contributed by atoms with van der Waals surface area (Å²) in [5, 5.41) is 4.40. The van der Waals surface area contributed by atoms with Crippen LogP contribution in [0.3, 0.4) is 0 Å². The van der Waals surface area contributed by atoms with Crippen LogP contribution in [0, 0.1) is 17.4 Å². The molecule has 0 bridgehead atoms. The minimum absolute atomic E-state index is 0.000293. The molecule has 0 saturated heterocycles. The molecule has 0 aliphatic rings. The first kappa shape index (κ1) is 10.7. The number of fused-ring (bicyclic) bond motifs is 1. The van der Waals surface area contributed by atoms with E-state index in [0.717, 1.165) is 32.6 Å². The van der Waals surface area contributed by atoms with Gasteiger partial charge in [-0.25, -0.2) is 4.52 Å². The van der Waals surface area contributed by atoms with E-state index >= 15 is 0 Å². The highest BCUT2D eigenvalue weighted by atomic mass is 127. The Kier molecular flexibility index (Phi) is 2.57. The Morgan fingerprint density at radius 3 is 2.73 bits per heavy atom. The van der Waals surface area contributed by atoms with Crippen LogP contribution < -0.4 is 5.56 Å². The predicted octanol–water partition coefficient (Wildman–Crippen LogP) is 1.81. The number of halogens is 1. The second-order valence-electron chi connectivity index (χ2n) is 3.53. The van der Waals surface area contributed by atoms with Crippen LogP contribution in [0.25, 0.3) is 5.65 Å². The van der Waals surface area contributed by atoms with E-state index in [-0.39, 0.29) is 5.56 Å². The standard InChI is InChI=1S/C10H12IN3O/c1-4-7-6(3)14-9(12-10(7)15)8(11)5(2)13-14/h4H2,1-3H3,(H,12,15). The van der Waals surface area contributed by atoms with Crippen molar-refractivity contribution in [3.8, 4) is 0 Å². The quantitative estimate of drug-likeness (QED) is 0.816. The number of aromatic amines is 1. The first-order valence-electron chi connectivity index (χ1n) is 4.82. The fourth-order valence-electron chi connectivity index (χ4n) is 1.75. The van der Waals surface area contributed by atoms with Crippen molar-refractivity contribution >= 4 is 28.2 Å². The zero-order chi connectivity index (χ0) is 11.2. The molecule has 0 radical (unpaired) electrons. The van der Waals surface area contributed by atoms with Gasteiger partial charge in [0.05, 0.1) is 9.26 Å². The third-order valence-corrected chi connectivity index (χ3v) is 3.89. The van der Waals surface area contributed by atoms with Gasteiger partial charge < -0.3 is 4.98 Å². The summed E-state index contributed by atoms with van der Waals surface area (Å²) in [5.41, 5.74) is 3.49. The number of aryl methyl sites for hydroxylation is 2. The molecule has 0 amide bonds. The van der Waals surface area contributed by atoms with Gasteiger partial charge in [0.25, 0.3) is 5.56 Å². The molecule has 0 aliphatic heterocycles. The molecule has 80 valence electrons. The Labute approximate surface area is 101 Å². The van der Waals surface area contributed by atoms with Gasteiger partial charge in [-0.3, -0.25) is 4.79 Å². The molecular weight excluding hydrogens is 305 g/mol. The van der Waals surface area contributed by atoms with Crippen LogP contribution in [-0.4, -0.2) is 14.6 Å². The van der Waals surface area contributed by atoms with Crippen molar-refractivity contribution in [2.45, 2.75) is 27.2 Å². The first-order valence-corrected chi connectivity index (χ1v) is 5.90. The maximum atomic E-state index is 11.7. The summed E-state index contributed by atoms with van der Waals surface area (Å²) in [7, 11) is 0. The Balaban J connectivity index is 2.97. The Bertz CT molecular complexity index is 582. The highest BCUT2D eigenvalue weighted by Gasteiger charge is 2.12. The van der Waals surface area contributed by atoms with Gasteiger partial charge in [0, 0.05) is 11.3 Å². The second kappa shape index (κ2) is 3.62. The molecule has 0 aliphatic carbocycles. The van der Waals surface area contributed by atoms with Gasteiger partial charge in [0.1, 0.15) is 5.65 Å². The average molecular weight is 317 g/mol. The van der Waals surface area contributed by atoms with E-state index in [0.29, 0.717) is 0 Å². The molecule has 0 unspecified atom stereocenters. The highest BCUT2D eigenvalue weighted by Crippen LogP contribution is 2.16. The topological polar surface area (TPSA) is 50.2 Å². The van der Waals surface area contributed by atoms with Gasteiger partial charge in [-0.05, 0) is 42.9 Å². The molecule has 0 spiro atoms. The van der Waals surface area contributed by atoms with Gasteiger partial charge in [-0.15, -0.1) is 0 Å². The molecule has 15 heavy (non-hydrogen) atoms. The molecule has 0 saturated carbocycles. The summed E-state index contributed by atoms with van der Waals surface area (Å²) >= 11 is 2.20. The summed E-state index contributed by atoms with van der Waals surface area (Å²) in [4.78, 5) is 14.6. The third kappa shape index (κ3) is 1.49. The largest absolute Gasteiger partial charge is 0.306 e. The molecule has 1 N–H and O–H groups in total. The normalized spacial score (nSPS) is 11.2. The minimum Gasteiger partial charge on any atom is -0.306 e. The summed E-state index contributed by atoms with van der Waals surface area (Å²) in [5.74, 6) is 0. The molecule has 0 aromatic carbocycles. The molecule has 0 atom stereocenters. The number of hydrogen-bond donors (Lipinski definition) is 1. The number of rotatable bonds is 1. The van der Waals surface area contributed by atoms with Crippen molar-refractivity contribution in [3.05, 3.63) is 30.9 Å². The van der Waals surface area contributed by atoms with Gasteiger partial charge in [-0.2, -0.15) is 5.10 Å². The van der Waals surface area contributed by atoms with E-state index < -0.39 is 0 Å². The fourth-order valence-corrected chi connectivity index (χ4v) is 2.22. The Morgan fingerprint density at radius 2 is 2.13 bits per heavy atom. The summed E-state index contributed by atoms with van der Waals surface area (Å²) in [6.45, 7) is 5.85. The third-order valence-electron chi connectivity index (χ3n) is 2.60. The number of H-pyrrole nitrogens is 1. The van der Waals surface area contributed by atoms with Crippen molar-refractivity contribution in [1.29, 1.82) is 0 Å². The molecule has 2 aromatic heterocycles. The van der Waals surface area contributed by atoms with Crippen LogP contribution in [0.1, 0.15) is 23.9 Å². The Hall–Kier alpha value is -0.850. The summed E-state index contributed by atoms with van der Waals surface area (Å²) in [6, 6.07) is 0. The first-order chi connectivity index (χ1) is 7.06. The molecular formula is C10H12IN3O. The van der Waals surface area contributed by atoms with Crippen molar-refractivity contribution < 1.29 is 0 Å². The zero-order valence-corrected chi connectivity index (χ0v) is 11.0. The summed E-state index contributed by atoms with van der Waals surface area (Å²) < 4.78 is 2.83. The van der Waals surface area contributed by atoms with E-state index in [1.165, 1.54) is 0 Å². The zero-order valence-electron chi connectivity index (χ0n) is 8.89. The van der Waals surface area contributed by atoms with Crippen LogP contribution in [0.2, 0.25) is 0 Å². The molecule has 2 rings (SSSR count). The average Bonchev–Trinajstić information content (AvgIpc) is 2.46. The van der Waals surface area contributed by atoms with Crippen LogP contribution >= 0.6 is 22.6 Å². The lowest BCUT2D eigenvalue weighted by molar-refractivity contribution is 0.840. The molecule has 2 heterocycles. The van der Waals surface area contributed by atoms with Crippen molar-refractivity contribution in [2.24, 2.45) is 0 Å². The molecule has 0 fully saturated rings. The fraction of sp³-hybridized carbons (Fsp3) is 0.400. The molecule has 5 heteroatoms. The monoisotopic (exact) mass is 317 g/mol. The lowest BCUT2D eigenvalue weighted by Crippen LogP contribution is -2.17. The van der Waals surface area contributed by atoms with Crippen LogP contribution in [-0.2, 0) is 6.42 Å². The van der Waals surface area contributed by atoms with E-state index in [1.807, 2.05) is 25.3 Å². The van der Waals surface area contributed by atoms with E-state index in [1.54, 1.807) is 0 Å². The van der Waals surface area contributed by atoms with E-state index in [2.05, 4.69) is 32.7 Å². The van der Waals surface area contributed by atoms with Crippen LogP contribution in [0.4, 0.5) is 0 Å². The number of nitrogens with one attached hydrogen (secondary N) is 1. The number of aromatic nitrogens is 3. The highest BCUT2D eigenvalue weighted by molar-refractivity contribution is 14.1. The maximum absolute atomic E-state index is 11.7. The van der Waals surface area contributed by atoms with Crippen LogP contribution in [0.15, 0.2) is 4.79 Å². The van der Waals surface area contributed by atoms with Gasteiger partial charge in [0.2, 0.25) is 0 Å². The van der Waals surface area contributed by atoms with Gasteiger partial charge >= 0.3 is 0 Å². The SMILES string of the molecule is CCc1c(C)n2nc(C)c(I)c2[nH]c1=O. The van der Waals surface area contributed by atoms with E-state index in [4.69, 9.17) is 0 Å². The molecule has 2 aromatic rings. The van der Waals surface area contributed by atoms with Gasteiger partial charge in [0.15, 0.2) is 0 Å². The van der Waals surface area contributed by atoms with E-state index in [9.17, 15) is 4.79 Å². The van der Waals surface area contributed by atoms with Crippen molar-refractivity contribution in [1.82, 2.24) is 14.6 Å². The lowest BCUT2D eigenvalue weighted by Gasteiger charge is -2.04. The smallest absolute Gasteiger partial charge is 0.254 e. The van der Waals surface area contributed by atoms with Crippen molar-refractivity contribution in [2.75, 3.05) is 0 Å². The second-order valence-corrected chi connectivity index (χ2v) is 4.61. The van der Waals surface area contributed by atoms with Crippen molar-refractivity contribution in [3.63, 3.8) is 0 Å². The summed E-state index contributed by atoms with van der Waals surface area (Å²) in [6.07, 6.45) is 0.729. The number of hydrogen-bond acceptors (Lipinski definition) is 2. The van der Waals surface area contributed by atoms with Crippen LogP contribution in [0.5, 0.6) is 0 Å². The Morgan fingerprint density at radius 1 is 1.47 bits per heavy atom.